The summed E-state index contributed by atoms with van der Waals surface area (Å²) in [6.07, 6.45) is 0. The number of rotatable bonds is 3. The lowest BCUT2D eigenvalue weighted by molar-refractivity contribution is 0.393. The lowest BCUT2D eigenvalue weighted by Crippen LogP contribution is -1.97. The number of hydrogen-bond donors (Lipinski definition) is 0. The zero-order chi connectivity index (χ0) is 14.0. The van der Waals surface area contributed by atoms with Crippen LogP contribution < -0.4 is 9.47 Å². The van der Waals surface area contributed by atoms with E-state index in [9.17, 15) is 0 Å². The predicted octanol–water partition coefficient (Wildman–Crippen LogP) is 2.85. The first kappa shape index (κ1) is 13.0. The lowest BCUT2D eigenvalue weighted by Gasteiger charge is -2.15. The van der Waals surface area contributed by atoms with Gasteiger partial charge in [-0.3, -0.25) is 0 Å². The van der Waals surface area contributed by atoms with Crippen molar-refractivity contribution in [2.24, 2.45) is 0 Å². The summed E-state index contributed by atoms with van der Waals surface area (Å²) in [5.41, 5.74) is 2.92. The Morgan fingerprint density at radius 3 is 2.42 bits per heavy atom. The molecule has 0 spiro atoms. The molecule has 0 radical (unpaired) electrons. The molecule has 2 aromatic rings. The SMILES string of the molecule is COc1cc(-c2cc(C#N)no2)c(OC)c(C)c1C. The van der Waals surface area contributed by atoms with E-state index in [1.807, 2.05) is 26.0 Å². The molecule has 0 aliphatic carbocycles. The third kappa shape index (κ3) is 2.13. The normalized spacial score (nSPS) is 10.1. The largest absolute Gasteiger partial charge is 0.496 e. The maximum Gasteiger partial charge on any atom is 0.184 e. The van der Waals surface area contributed by atoms with Crippen molar-refractivity contribution in [2.45, 2.75) is 13.8 Å². The first-order valence-corrected chi connectivity index (χ1v) is 5.71. The van der Waals surface area contributed by atoms with E-state index in [0.29, 0.717) is 11.5 Å². The fraction of sp³-hybridized carbons (Fsp3) is 0.286. The van der Waals surface area contributed by atoms with Crippen LogP contribution in [0, 0.1) is 25.2 Å². The number of aromatic nitrogens is 1. The first-order valence-electron chi connectivity index (χ1n) is 5.71. The van der Waals surface area contributed by atoms with Crippen LogP contribution in [0.2, 0.25) is 0 Å². The van der Waals surface area contributed by atoms with Crippen molar-refractivity contribution >= 4 is 0 Å². The van der Waals surface area contributed by atoms with E-state index in [4.69, 9.17) is 19.3 Å². The standard InChI is InChI=1S/C14H14N2O3/c1-8-9(2)14(18-4)11(6-12(8)17-3)13-5-10(7-15)16-19-13/h5-6H,1-4H3. The molecular weight excluding hydrogens is 244 g/mol. The number of nitriles is 1. The van der Waals surface area contributed by atoms with Gasteiger partial charge < -0.3 is 14.0 Å². The van der Waals surface area contributed by atoms with Gasteiger partial charge in [-0.05, 0) is 31.0 Å². The number of methoxy groups -OCH3 is 2. The Bertz CT molecular complexity index is 653. The molecule has 0 aliphatic rings. The molecule has 0 amide bonds. The van der Waals surface area contributed by atoms with E-state index in [-0.39, 0.29) is 5.69 Å². The Kier molecular flexibility index (Phi) is 3.43. The maximum absolute atomic E-state index is 8.80. The van der Waals surface area contributed by atoms with Gasteiger partial charge in [0.25, 0.3) is 0 Å². The van der Waals surface area contributed by atoms with Gasteiger partial charge in [0.1, 0.15) is 17.6 Å². The summed E-state index contributed by atoms with van der Waals surface area (Å²) >= 11 is 0. The second-order valence-electron chi connectivity index (χ2n) is 4.10. The van der Waals surface area contributed by atoms with Crippen LogP contribution in [0.5, 0.6) is 11.5 Å². The summed E-state index contributed by atoms with van der Waals surface area (Å²) in [7, 11) is 3.21. The van der Waals surface area contributed by atoms with E-state index in [1.54, 1.807) is 20.3 Å². The van der Waals surface area contributed by atoms with Crippen LogP contribution >= 0.6 is 0 Å². The Morgan fingerprint density at radius 2 is 1.89 bits per heavy atom. The van der Waals surface area contributed by atoms with Crippen molar-refractivity contribution in [3.8, 4) is 28.9 Å². The van der Waals surface area contributed by atoms with Gasteiger partial charge in [0, 0.05) is 6.07 Å². The zero-order valence-corrected chi connectivity index (χ0v) is 11.3. The number of benzene rings is 1. The van der Waals surface area contributed by atoms with Crippen molar-refractivity contribution in [1.29, 1.82) is 5.26 Å². The van der Waals surface area contributed by atoms with Crippen LogP contribution in [0.1, 0.15) is 16.8 Å². The summed E-state index contributed by atoms with van der Waals surface area (Å²) in [4.78, 5) is 0. The van der Waals surface area contributed by atoms with Crippen LogP contribution in [0.15, 0.2) is 16.7 Å². The average molecular weight is 258 g/mol. The average Bonchev–Trinajstić information content (AvgIpc) is 2.90. The van der Waals surface area contributed by atoms with Crippen LogP contribution in [0.3, 0.4) is 0 Å². The molecule has 0 aliphatic heterocycles. The van der Waals surface area contributed by atoms with Gasteiger partial charge in [-0.2, -0.15) is 5.26 Å². The minimum atomic E-state index is 0.231. The second kappa shape index (κ2) is 5.02. The summed E-state index contributed by atoms with van der Waals surface area (Å²) in [6, 6.07) is 5.33. The van der Waals surface area contributed by atoms with E-state index >= 15 is 0 Å². The highest BCUT2D eigenvalue weighted by molar-refractivity contribution is 5.72. The maximum atomic E-state index is 8.80. The van der Waals surface area contributed by atoms with E-state index < -0.39 is 0 Å². The van der Waals surface area contributed by atoms with Gasteiger partial charge in [0.15, 0.2) is 11.5 Å². The number of ether oxygens (including phenoxy) is 2. The van der Waals surface area contributed by atoms with Gasteiger partial charge in [-0.1, -0.05) is 5.16 Å². The molecule has 1 aromatic carbocycles. The zero-order valence-electron chi connectivity index (χ0n) is 11.3. The van der Waals surface area contributed by atoms with Gasteiger partial charge in [-0.25, -0.2) is 0 Å². The Labute approximate surface area is 111 Å². The monoisotopic (exact) mass is 258 g/mol. The smallest absolute Gasteiger partial charge is 0.184 e. The Balaban J connectivity index is 2.68. The summed E-state index contributed by atoms with van der Waals surface area (Å²) in [6.45, 7) is 3.91. The lowest BCUT2D eigenvalue weighted by atomic mass is 10.0. The molecular formula is C14H14N2O3. The quantitative estimate of drug-likeness (QED) is 0.846. The first-order chi connectivity index (χ1) is 9.12. The Morgan fingerprint density at radius 1 is 1.16 bits per heavy atom. The van der Waals surface area contributed by atoms with Crippen LogP contribution in [0.4, 0.5) is 0 Å². The highest BCUT2D eigenvalue weighted by Gasteiger charge is 2.18. The van der Waals surface area contributed by atoms with Crippen LogP contribution in [-0.4, -0.2) is 19.4 Å². The van der Waals surface area contributed by atoms with Crippen LogP contribution in [0.25, 0.3) is 11.3 Å². The molecule has 0 unspecified atom stereocenters. The molecule has 0 N–H and O–H groups in total. The molecule has 0 fully saturated rings. The summed E-state index contributed by atoms with van der Waals surface area (Å²) in [5, 5.41) is 12.5. The Hall–Kier alpha value is -2.48. The van der Waals surface area contributed by atoms with E-state index in [2.05, 4.69) is 5.16 Å². The molecule has 5 nitrogen and oxygen atoms in total. The second-order valence-corrected chi connectivity index (χ2v) is 4.10. The minimum Gasteiger partial charge on any atom is -0.496 e. The summed E-state index contributed by atoms with van der Waals surface area (Å²) < 4.78 is 15.9. The molecule has 0 atom stereocenters. The third-order valence-electron chi connectivity index (χ3n) is 3.11. The van der Waals surface area contributed by atoms with Gasteiger partial charge in [0.2, 0.25) is 0 Å². The van der Waals surface area contributed by atoms with E-state index in [0.717, 1.165) is 22.4 Å². The van der Waals surface area contributed by atoms with Gasteiger partial charge in [-0.15, -0.1) is 0 Å². The topological polar surface area (TPSA) is 68.3 Å². The highest BCUT2D eigenvalue weighted by Crippen LogP contribution is 2.39. The van der Waals surface area contributed by atoms with Crippen molar-refractivity contribution in [1.82, 2.24) is 5.16 Å². The highest BCUT2D eigenvalue weighted by atomic mass is 16.5. The number of hydrogen-bond acceptors (Lipinski definition) is 5. The molecule has 98 valence electrons. The van der Waals surface area contributed by atoms with Crippen molar-refractivity contribution in [3.63, 3.8) is 0 Å². The van der Waals surface area contributed by atoms with Crippen molar-refractivity contribution in [2.75, 3.05) is 14.2 Å². The fourth-order valence-electron chi connectivity index (χ4n) is 1.97. The molecule has 1 heterocycles. The van der Waals surface area contributed by atoms with Crippen LogP contribution in [-0.2, 0) is 0 Å². The van der Waals surface area contributed by atoms with Gasteiger partial charge in [0.05, 0.1) is 19.8 Å². The molecule has 2 rings (SSSR count). The predicted molar refractivity (Wildman–Crippen MR) is 69.2 cm³/mol. The number of nitrogens with zero attached hydrogens (tertiary/aromatic N) is 2. The third-order valence-corrected chi connectivity index (χ3v) is 3.11. The van der Waals surface area contributed by atoms with Gasteiger partial charge >= 0.3 is 0 Å². The van der Waals surface area contributed by atoms with Crippen molar-refractivity contribution < 1.29 is 14.0 Å². The molecule has 0 saturated carbocycles. The molecule has 0 saturated heterocycles. The van der Waals surface area contributed by atoms with E-state index in [1.165, 1.54) is 0 Å². The minimum absolute atomic E-state index is 0.231. The van der Waals surface area contributed by atoms with Crippen molar-refractivity contribution in [3.05, 3.63) is 29.0 Å². The fourth-order valence-corrected chi connectivity index (χ4v) is 1.97. The molecule has 0 bridgehead atoms. The summed E-state index contributed by atoms with van der Waals surface area (Å²) in [5.74, 6) is 1.91. The molecule has 5 heteroatoms. The molecule has 1 aromatic heterocycles. The molecule has 19 heavy (non-hydrogen) atoms.